The Hall–Kier alpha value is -7.26. The SMILES string of the molecule is CNC(=O)N[C@@H](C(=O)N1CCC[C@H]1c1nc(-c2ccc(COCc3cccc(-c4c[nH]c([C@@H]5CCCN5C(=O)[C@H](NC(=O)NC)c5ccccc5)n4)c3)cc2)c[nH]1)c1ccccc1. The van der Waals surface area contributed by atoms with E-state index in [1.165, 1.54) is 14.1 Å². The fourth-order valence-corrected chi connectivity index (χ4v) is 8.42. The number of nitrogens with zero attached hydrogens (tertiary/aromatic N) is 4. The van der Waals surface area contributed by atoms with Crippen LogP contribution in [0, 0.1) is 0 Å². The van der Waals surface area contributed by atoms with Gasteiger partial charge < -0.3 is 45.8 Å². The zero-order valence-corrected chi connectivity index (χ0v) is 35.3. The van der Waals surface area contributed by atoms with E-state index in [9.17, 15) is 19.2 Å². The predicted molar refractivity (Wildman–Crippen MR) is 237 cm³/mol. The molecule has 4 heterocycles. The summed E-state index contributed by atoms with van der Waals surface area (Å²) in [6.07, 6.45) is 6.92. The van der Waals surface area contributed by atoms with Gasteiger partial charge in [-0.15, -0.1) is 0 Å². The molecule has 0 radical (unpaired) electrons. The zero-order valence-electron chi connectivity index (χ0n) is 35.3. The largest absolute Gasteiger partial charge is 0.372 e. The number of imidazole rings is 2. The van der Waals surface area contributed by atoms with Crippen molar-refractivity contribution < 1.29 is 23.9 Å². The maximum absolute atomic E-state index is 13.9. The van der Waals surface area contributed by atoms with E-state index in [1.54, 1.807) is 0 Å². The first-order valence-corrected chi connectivity index (χ1v) is 21.3. The van der Waals surface area contributed by atoms with Gasteiger partial charge in [0.05, 0.1) is 36.7 Å². The number of carbonyl (C=O) groups is 4. The Morgan fingerprint density at radius 2 is 1.11 bits per heavy atom. The van der Waals surface area contributed by atoms with Gasteiger partial charge in [0, 0.05) is 50.7 Å². The van der Waals surface area contributed by atoms with Crippen LogP contribution in [0.4, 0.5) is 9.59 Å². The summed E-state index contributed by atoms with van der Waals surface area (Å²) in [5.41, 5.74) is 6.87. The molecule has 0 unspecified atom stereocenters. The number of urea groups is 2. The van der Waals surface area contributed by atoms with Crippen LogP contribution in [0.1, 0.15) is 83.8 Å². The summed E-state index contributed by atoms with van der Waals surface area (Å²) in [5, 5.41) is 10.8. The van der Waals surface area contributed by atoms with Crippen LogP contribution in [0.25, 0.3) is 22.5 Å². The molecule has 4 atom stereocenters. The highest BCUT2D eigenvalue weighted by atomic mass is 16.5. The monoisotopic (exact) mass is 848 g/mol. The smallest absolute Gasteiger partial charge is 0.315 e. The third kappa shape index (κ3) is 9.79. The summed E-state index contributed by atoms with van der Waals surface area (Å²) in [5.74, 6) is 1.06. The molecular weight excluding hydrogens is 797 g/mol. The lowest BCUT2D eigenvalue weighted by atomic mass is 10.0. The summed E-state index contributed by atoms with van der Waals surface area (Å²) in [6.45, 7) is 1.96. The number of aromatic amines is 2. The van der Waals surface area contributed by atoms with Crippen molar-refractivity contribution in [1.29, 1.82) is 0 Å². The molecule has 4 aromatic carbocycles. The van der Waals surface area contributed by atoms with Gasteiger partial charge in [-0.1, -0.05) is 103 Å². The molecule has 0 saturated carbocycles. The topological polar surface area (TPSA) is 189 Å². The highest BCUT2D eigenvalue weighted by Gasteiger charge is 2.38. The van der Waals surface area contributed by atoms with Gasteiger partial charge in [-0.05, 0) is 54.0 Å². The highest BCUT2D eigenvalue weighted by molar-refractivity contribution is 5.89. The number of rotatable bonds is 14. The number of ether oxygens (including phenoxy) is 1. The van der Waals surface area contributed by atoms with Crippen molar-refractivity contribution in [2.75, 3.05) is 27.2 Å². The van der Waals surface area contributed by atoms with Gasteiger partial charge in [0.25, 0.3) is 0 Å². The van der Waals surface area contributed by atoms with Gasteiger partial charge in [-0.25, -0.2) is 19.6 Å². The average Bonchev–Trinajstić information content (AvgIpc) is 4.18. The highest BCUT2D eigenvalue weighted by Crippen LogP contribution is 2.36. The summed E-state index contributed by atoms with van der Waals surface area (Å²) in [7, 11) is 3.06. The molecule has 2 aliphatic rings. The second kappa shape index (κ2) is 19.6. The molecule has 0 aliphatic carbocycles. The van der Waals surface area contributed by atoms with E-state index in [1.807, 2.05) is 125 Å². The molecule has 2 saturated heterocycles. The van der Waals surface area contributed by atoms with E-state index in [4.69, 9.17) is 14.7 Å². The number of nitrogens with one attached hydrogen (secondary N) is 6. The molecule has 6 amide bonds. The van der Waals surface area contributed by atoms with Crippen LogP contribution in [0.2, 0.25) is 0 Å². The lowest BCUT2D eigenvalue weighted by Gasteiger charge is -2.28. The van der Waals surface area contributed by atoms with E-state index < -0.39 is 24.1 Å². The third-order valence-corrected chi connectivity index (χ3v) is 11.7. The maximum Gasteiger partial charge on any atom is 0.315 e. The molecule has 0 spiro atoms. The van der Waals surface area contributed by atoms with Crippen molar-refractivity contribution in [3.63, 3.8) is 0 Å². The fourth-order valence-electron chi connectivity index (χ4n) is 8.42. The van der Waals surface area contributed by atoms with E-state index in [0.29, 0.717) is 49.1 Å². The predicted octanol–water partition coefficient (Wildman–Crippen LogP) is 6.85. The number of amides is 6. The van der Waals surface area contributed by atoms with Gasteiger partial charge >= 0.3 is 12.1 Å². The molecule has 2 fully saturated rings. The Morgan fingerprint density at radius 3 is 1.62 bits per heavy atom. The summed E-state index contributed by atoms with van der Waals surface area (Å²) in [4.78, 5) is 72.6. The van der Waals surface area contributed by atoms with Gasteiger partial charge in [0.2, 0.25) is 11.8 Å². The number of H-pyrrole nitrogens is 2. The lowest BCUT2D eigenvalue weighted by molar-refractivity contribution is -0.135. The Labute approximate surface area is 366 Å². The fraction of sp³-hybridized carbons (Fsp3) is 0.292. The minimum Gasteiger partial charge on any atom is -0.372 e. The average molecular weight is 849 g/mol. The molecule has 8 rings (SSSR count). The first-order chi connectivity index (χ1) is 30.8. The second-order valence-electron chi connectivity index (χ2n) is 15.7. The minimum atomic E-state index is -0.824. The Morgan fingerprint density at radius 1 is 0.619 bits per heavy atom. The van der Waals surface area contributed by atoms with Crippen molar-refractivity contribution in [3.8, 4) is 22.5 Å². The van der Waals surface area contributed by atoms with Crippen LogP contribution >= 0.6 is 0 Å². The van der Waals surface area contributed by atoms with Crippen molar-refractivity contribution in [3.05, 3.63) is 155 Å². The third-order valence-electron chi connectivity index (χ3n) is 11.7. The number of aromatic nitrogens is 4. The van der Waals surface area contributed by atoms with Crippen LogP contribution in [0.5, 0.6) is 0 Å². The number of benzene rings is 4. The Kier molecular flexibility index (Phi) is 13.2. The van der Waals surface area contributed by atoms with Gasteiger partial charge in [0.15, 0.2) is 0 Å². The Bertz CT molecular complexity index is 2510. The maximum atomic E-state index is 13.9. The molecule has 15 heteroatoms. The minimum absolute atomic E-state index is 0.176. The standard InChI is InChI=1S/C48H52N10O5/c1-49-47(61)55-41(34-13-5-3-6-14-34)45(59)57-24-10-18-39(57)43-51-27-37(53-43)33-22-20-31(21-23-33)29-63-30-32-12-9-17-36(26-32)38-28-52-44(54-38)40-19-11-25-58(40)46(60)42(56-48(62)50-2)35-15-7-4-8-16-35/h3-9,12-17,20-23,26-28,39-42H,10-11,18-19,24-25,29-30H2,1-2H3,(H,51,53)(H,52,54)(H2,49,55,61)(H2,50,56,62)/t39-,40-,41+,42+/m0/s1. The molecule has 6 aromatic rings. The molecule has 0 bridgehead atoms. The molecule has 2 aromatic heterocycles. The normalized spacial score (nSPS) is 16.9. The lowest BCUT2D eigenvalue weighted by Crippen LogP contribution is -2.45. The van der Waals surface area contributed by atoms with E-state index in [-0.39, 0.29) is 23.9 Å². The quantitative estimate of drug-likeness (QED) is 0.0691. The first kappa shape index (κ1) is 42.4. The summed E-state index contributed by atoms with van der Waals surface area (Å²) < 4.78 is 6.16. The van der Waals surface area contributed by atoms with Crippen LogP contribution < -0.4 is 21.3 Å². The molecule has 6 N–H and O–H groups in total. The molecule has 15 nitrogen and oxygen atoms in total. The first-order valence-electron chi connectivity index (χ1n) is 21.3. The zero-order chi connectivity index (χ0) is 43.7. The summed E-state index contributed by atoms with van der Waals surface area (Å²) in [6, 6.07) is 31.7. The van der Waals surface area contributed by atoms with E-state index in [0.717, 1.165) is 59.3 Å². The number of likely N-dealkylation sites (tertiary alicyclic amines) is 2. The van der Waals surface area contributed by atoms with Crippen molar-refractivity contribution in [1.82, 2.24) is 51.0 Å². The van der Waals surface area contributed by atoms with Gasteiger partial charge in [0.1, 0.15) is 23.7 Å². The van der Waals surface area contributed by atoms with Crippen LogP contribution in [0.3, 0.4) is 0 Å². The molecule has 63 heavy (non-hydrogen) atoms. The second-order valence-corrected chi connectivity index (χ2v) is 15.7. The summed E-state index contributed by atoms with van der Waals surface area (Å²) >= 11 is 0. The van der Waals surface area contributed by atoms with Crippen LogP contribution in [-0.2, 0) is 27.5 Å². The molecular formula is C48H52N10O5. The van der Waals surface area contributed by atoms with Crippen LogP contribution in [-0.4, -0.2) is 80.8 Å². The van der Waals surface area contributed by atoms with Crippen molar-refractivity contribution in [2.45, 2.75) is 63.1 Å². The molecule has 2 aliphatic heterocycles. The Balaban J connectivity index is 0.867. The van der Waals surface area contributed by atoms with Gasteiger partial charge in [-0.2, -0.15) is 0 Å². The number of carbonyl (C=O) groups excluding carboxylic acids is 4. The van der Waals surface area contributed by atoms with Crippen LogP contribution in [0.15, 0.2) is 122 Å². The number of hydrogen-bond acceptors (Lipinski definition) is 7. The van der Waals surface area contributed by atoms with Crippen molar-refractivity contribution in [2.24, 2.45) is 0 Å². The van der Waals surface area contributed by atoms with E-state index in [2.05, 4.69) is 37.3 Å². The van der Waals surface area contributed by atoms with Crippen molar-refractivity contribution >= 4 is 23.9 Å². The van der Waals surface area contributed by atoms with E-state index >= 15 is 0 Å². The van der Waals surface area contributed by atoms with Gasteiger partial charge in [-0.3, -0.25) is 9.59 Å². The number of hydrogen-bond donors (Lipinski definition) is 6. The molecule has 324 valence electrons.